The van der Waals surface area contributed by atoms with Crippen molar-refractivity contribution in [1.29, 1.82) is 0 Å². The van der Waals surface area contributed by atoms with E-state index in [0.717, 1.165) is 24.4 Å². The van der Waals surface area contributed by atoms with Gasteiger partial charge >= 0.3 is 0 Å². The fourth-order valence-electron chi connectivity index (χ4n) is 2.91. The van der Waals surface area contributed by atoms with E-state index >= 15 is 0 Å². The van der Waals surface area contributed by atoms with Gasteiger partial charge in [0, 0.05) is 43.4 Å². The van der Waals surface area contributed by atoms with E-state index in [2.05, 4.69) is 28.6 Å². The molecule has 0 unspecified atom stereocenters. The summed E-state index contributed by atoms with van der Waals surface area (Å²) >= 11 is 3.27. The molecule has 2 aromatic heterocycles. The van der Waals surface area contributed by atoms with Crippen molar-refractivity contribution < 1.29 is 9.59 Å². The Morgan fingerprint density at radius 1 is 1.25 bits per heavy atom. The molecule has 1 aliphatic heterocycles. The third-order valence-corrected chi connectivity index (χ3v) is 6.36. The van der Waals surface area contributed by atoms with Gasteiger partial charge in [0.25, 0.3) is 0 Å². The Kier molecular flexibility index (Phi) is 5.81. The smallest absolute Gasteiger partial charge is 0.220 e. The van der Waals surface area contributed by atoms with Crippen LogP contribution >= 0.6 is 22.7 Å². The quantitative estimate of drug-likeness (QED) is 0.769. The molecule has 0 spiro atoms. The SMILES string of the molecule is C[C@H](CNC(=O)CCC(=O)c1cccs1)N1CCc2sccc2C1. The Bertz CT molecular complexity index is 694. The third-order valence-electron chi connectivity index (χ3n) is 4.43. The molecule has 0 aliphatic carbocycles. The Morgan fingerprint density at radius 3 is 2.92 bits per heavy atom. The summed E-state index contributed by atoms with van der Waals surface area (Å²) in [4.78, 5) is 28.5. The maximum Gasteiger partial charge on any atom is 0.220 e. The zero-order valence-electron chi connectivity index (χ0n) is 13.8. The third kappa shape index (κ3) is 4.32. The molecule has 1 N–H and O–H groups in total. The van der Waals surface area contributed by atoms with Crippen LogP contribution in [0, 0.1) is 0 Å². The number of carbonyl (C=O) groups is 2. The van der Waals surface area contributed by atoms with Gasteiger partial charge in [-0.1, -0.05) is 6.07 Å². The van der Waals surface area contributed by atoms with Gasteiger partial charge in [0.05, 0.1) is 4.88 Å². The van der Waals surface area contributed by atoms with Crippen LogP contribution in [0.2, 0.25) is 0 Å². The molecule has 0 saturated carbocycles. The lowest BCUT2D eigenvalue weighted by Gasteiger charge is -2.32. The summed E-state index contributed by atoms with van der Waals surface area (Å²) in [6, 6.07) is 6.17. The number of carbonyl (C=O) groups excluding carboxylic acids is 2. The minimum Gasteiger partial charge on any atom is -0.355 e. The minimum atomic E-state index is -0.0417. The van der Waals surface area contributed by atoms with Crippen LogP contribution in [0.4, 0.5) is 0 Å². The lowest BCUT2D eigenvalue weighted by molar-refractivity contribution is -0.121. The van der Waals surface area contributed by atoms with E-state index < -0.39 is 0 Å². The first-order valence-corrected chi connectivity index (χ1v) is 10.0. The number of Topliss-reactive ketones (excluding diaryl/α,β-unsaturated/α-hetero) is 1. The lowest BCUT2D eigenvalue weighted by Crippen LogP contribution is -2.44. The number of hydrogen-bond acceptors (Lipinski definition) is 5. The topological polar surface area (TPSA) is 49.4 Å². The highest BCUT2D eigenvalue weighted by molar-refractivity contribution is 7.12. The van der Waals surface area contributed by atoms with Gasteiger partial charge in [-0.2, -0.15) is 0 Å². The van der Waals surface area contributed by atoms with Crippen LogP contribution < -0.4 is 5.32 Å². The highest BCUT2D eigenvalue weighted by Gasteiger charge is 2.21. The molecular formula is C18H22N2O2S2. The van der Waals surface area contributed by atoms with Crippen molar-refractivity contribution in [3.8, 4) is 0 Å². The van der Waals surface area contributed by atoms with Gasteiger partial charge < -0.3 is 5.32 Å². The van der Waals surface area contributed by atoms with E-state index in [1.807, 2.05) is 28.8 Å². The molecule has 0 aromatic carbocycles. The maximum atomic E-state index is 12.0. The molecule has 6 heteroatoms. The Labute approximate surface area is 150 Å². The average molecular weight is 363 g/mol. The van der Waals surface area contributed by atoms with Gasteiger partial charge in [-0.05, 0) is 41.8 Å². The van der Waals surface area contributed by atoms with Gasteiger partial charge in [0.1, 0.15) is 0 Å². The number of nitrogens with zero attached hydrogens (tertiary/aromatic N) is 1. The molecule has 24 heavy (non-hydrogen) atoms. The molecule has 0 radical (unpaired) electrons. The summed E-state index contributed by atoms with van der Waals surface area (Å²) in [7, 11) is 0. The minimum absolute atomic E-state index is 0.0417. The number of rotatable bonds is 7. The molecule has 0 saturated heterocycles. The van der Waals surface area contributed by atoms with Gasteiger partial charge in [-0.3, -0.25) is 14.5 Å². The van der Waals surface area contributed by atoms with Gasteiger partial charge in [-0.25, -0.2) is 0 Å². The first-order chi connectivity index (χ1) is 11.6. The molecule has 2 aromatic rings. The molecule has 1 aliphatic rings. The molecular weight excluding hydrogens is 340 g/mol. The van der Waals surface area contributed by atoms with E-state index in [1.165, 1.54) is 21.8 Å². The number of fused-ring (bicyclic) bond motifs is 1. The maximum absolute atomic E-state index is 12.0. The predicted molar refractivity (Wildman–Crippen MR) is 98.8 cm³/mol. The second kappa shape index (κ2) is 8.05. The second-order valence-electron chi connectivity index (χ2n) is 6.14. The van der Waals surface area contributed by atoms with Crippen molar-refractivity contribution in [3.05, 3.63) is 44.3 Å². The standard InChI is InChI=1S/C18H22N2O2S2/c1-13(20-8-6-16-14(12-20)7-10-24-16)11-19-18(22)5-4-15(21)17-3-2-9-23-17/h2-3,7,9-10,13H,4-6,8,11-12H2,1H3,(H,19,22)/t13-/m1/s1. The van der Waals surface area contributed by atoms with Crippen molar-refractivity contribution in [2.24, 2.45) is 0 Å². The van der Waals surface area contributed by atoms with E-state index in [1.54, 1.807) is 0 Å². The molecule has 1 amide bonds. The Balaban J connectivity index is 1.39. The van der Waals surface area contributed by atoms with Crippen molar-refractivity contribution in [1.82, 2.24) is 10.2 Å². The zero-order chi connectivity index (χ0) is 16.9. The summed E-state index contributed by atoms with van der Waals surface area (Å²) in [6.07, 6.45) is 1.64. The highest BCUT2D eigenvalue weighted by Crippen LogP contribution is 2.24. The Morgan fingerprint density at radius 2 is 2.12 bits per heavy atom. The largest absolute Gasteiger partial charge is 0.355 e. The fraction of sp³-hybridized carbons (Fsp3) is 0.444. The van der Waals surface area contributed by atoms with Crippen LogP contribution in [0.1, 0.15) is 39.9 Å². The summed E-state index contributed by atoms with van der Waals surface area (Å²) in [6.45, 7) is 4.79. The first-order valence-electron chi connectivity index (χ1n) is 8.26. The van der Waals surface area contributed by atoms with Gasteiger partial charge in [0.15, 0.2) is 5.78 Å². The second-order valence-corrected chi connectivity index (χ2v) is 8.09. The number of thiophene rings is 2. The summed E-state index contributed by atoms with van der Waals surface area (Å²) in [5.74, 6) is 0.00852. The predicted octanol–water partition coefficient (Wildman–Crippen LogP) is 3.34. The van der Waals surface area contributed by atoms with Crippen LogP contribution in [-0.4, -0.2) is 35.7 Å². The lowest BCUT2D eigenvalue weighted by atomic mass is 10.1. The molecule has 4 nitrogen and oxygen atoms in total. The molecule has 3 heterocycles. The summed E-state index contributed by atoms with van der Waals surface area (Å²) < 4.78 is 0. The molecule has 1 atom stereocenters. The number of hydrogen-bond donors (Lipinski definition) is 1. The van der Waals surface area contributed by atoms with Gasteiger partial charge in [-0.15, -0.1) is 22.7 Å². The highest BCUT2D eigenvalue weighted by atomic mass is 32.1. The summed E-state index contributed by atoms with van der Waals surface area (Å²) in [5.41, 5.74) is 1.42. The van der Waals surface area contributed by atoms with E-state index in [-0.39, 0.29) is 24.5 Å². The van der Waals surface area contributed by atoms with Crippen molar-refractivity contribution in [2.45, 2.75) is 38.8 Å². The van der Waals surface area contributed by atoms with Crippen molar-refractivity contribution >= 4 is 34.4 Å². The van der Waals surface area contributed by atoms with Crippen LogP contribution in [-0.2, 0) is 17.8 Å². The number of nitrogens with one attached hydrogen (secondary N) is 1. The number of ketones is 1. The van der Waals surface area contributed by atoms with Crippen LogP contribution in [0.15, 0.2) is 29.0 Å². The summed E-state index contributed by atoms with van der Waals surface area (Å²) in [5, 5.41) is 7.01. The first kappa shape index (κ1) is 17.3. The van der Waals surface area contributed by atoms with Crippen molar-refractivity contribution in [2.75, 3.05) is 13.1 Å². The van der Waals surface area contributed by atoms with Crippen LogP contribution in [0.5, 0.6) is 0 Å². The monoisotopic (exact) mass is 362 g/mol. The van der Waals surface area contributed by atoms with E-state index in [4.69, 9.17) is 0 Å². The fourth-order valence-corrected chi connectivity index (χ4v) is 4.50. The molecule has 128 valence electrons. The van der Waals surface area contributed by atoms with E-state index in [0.29, 0.717) is 12.6 Å². The van der Waals surface area contributed by atoms with Crippen LogP contribution in [0.25, 0.3) is 0 Å². The number of amides is 1. The molecule has 0 fully saturated rings. The molecule has 3 rings (SSSR count). The molecule has 0 bridgehead atoms. The zero-order valence-corrected chi connectivity index (χ0v) is 15.4. The Hall–Kier alpha value is -1.50. The van der Waals surface area contributed by atoms with Crippen LogP contribution in [0.3, 0.4) is 0 Å². The van der Waals surface area contributed by atoms with Crippen molar-refractivity contribution in [3.63, 3.8) is 0 Å². The van der Waals surface area contributed by atoms with Gasteiger partial charge in [0.2, 0.25) is 5.91 Å². The van der Waals surface area contributed by atoms with E-state index in [9.17, 15) is 9.59 Å². The normalized spacial score (nSPS) is 15.7. The average Bonchev–Trinajstić information content (AvgIpc) is 3.27.